The summed E-state index contributed by atoms with van der Waals surface area (Å²) in [6, 6.07) is 7.16. The molecule has 0 saturated carbocycles. The maximum Gasteiger partial charge on any atom is 0.309 e. The lowest BCUT2D eigenvalue weighted by Gasteiger charge is -2.32. The highest BCUT2D eigenvalue weighted by atomic mass is 16.5. The Labute approximate surface area is 158 Å². The maximum absolute atomic E-state index is 11.9. The van der Waals surface area contributed by atoms with Gasteiger partial charge in [-0.15, -0.1) is 0 Å². The van der Waals surface area contributed by atoms with Gasteiger partial charge >= 0.3 is 5.97 Å². The van der Waals surface area contributed by atoms with Gasteiger partial charge in [-0.25, -0.2) is 4.98 Å². The molecule has 2 heterocycles. The van der Waals surface area contributed by atoms with Crippen LogP contribution in [-0.4, -0.2) is 42.7 Å². The smallest absolute Gasteiger partial charge is 0.309 e. The number of hydrogen-bond acceptors (Lipinski definition) is 8. The molecule has 8 heteroatoms. The molecule has 0 atom stereocenters. The van der Waals surface area contributed by atoms with Gasteiger partial charge in [-0.05, 0) is 44.0 Å². The lowest BCUT2D eigenvalue weighted by molar-refractivity contribution is -0.148. The van der Waals surface area contributed by atoms with Gasteiger partial charge < -0.3 is 24.8 Å². The first-order valence-electron chi connectivity index (χ1n) is 8.96. The number of anilines is 2. The number of carbonyl (C=O) groups is 1. The summed E-state index contributed by atoms with van der Waals surface area (Å²) in [5.41, 5.74) is 6.63. The van der Waals surface area contributed by atoms with Crippen LogP contribution in [0.4, 0.5) is 11.5 Å². The Morgan fingerprint density at radius 1 is 1.19 bits per heavy atom. The Balaban J connectivity index is 1.69. The predicted molar refractivity (Wildman–Crippen MR) is 101 cm³/mol. The second-order valence-corrected chi connectivity index (χ2v) is 6.21. The molecular weight excluding hydrogens is 348 g/mol. The fourth-order valence-electron chi connectivity index (χ4n) is 3.05. The predicted octanol–water partition coefficient (Wildman–Crippen LogP) is 2.64. The summed E-state index contributed by atoms with van der Waals surface area (Å²) >= 11 is 0. The molecule has 2 aromatic rings. The summed E-state index contributed by atoms with van der Waals surface area (Å²) in [4.78, 5) is 22.4. The van der Waals surface area contributed by atoms with Gasteiger partial charge in [0.25, 0.3) is 0 Å². The van der Waals surface area contributed by atoms with Crippen molar-refractivity contribution in [1.82, 2.24) is 9.97 Å². The number of carbonyl (C=O) groups excluding carboxylic acids is 1. The van der Waals surface area contributed by atoms with E-state index in [1.54, 1.807) is 31.4 Å². The second kappa shape index (κ2) is 8.57. The minimum Gasteiger partial charge on any atom is -0.497 e. The average molecular weight is 372 g/mol. The van der Waals surface area contributed by atoms with Gasteiger partial charge in [0.2, 0.25) is 5.88 Å². The summed E-state index contributed by atoms with van der Waals surface area (Å²) in [5.74, 6) is 2.07. The van der Waals surface area contributed by atoms with E-state index in [2.05, 4.69) is 9.97 Å². The number of ether oxygens (including phenoxy) is 3. The largest absolute Gasteiger partial charge is 0.497 e. The van der Waals surface area contributed by atoms with E-state index < -0.39 is 0 Å². The van der Waals surface area contributed by atoms with Crippen LogP contribution in [0, 0.1) is 5.92 Å². The summed E-state index contributed by atoms with van der Waals surface area (Å²) in [5, 5.41) is 0. The van der Waals surface area contributed by atoms with E-state index in [1.165, 1.54) is 6.33 Å². The molecule has 0 unspecified atom stereocenters. The van der Waals surface area contributed by atoms with E-state index >= 15 is 0 Å². The fraction of sp³-hybridized carbons (Fsp3) is 0.421. The van der Waals surface area contributed by atoms with Crippen molar-refractivity contribution in [2.24, 2.45) is 5.92 Å². The van der Waals surface area contributed by atoms with E-state index in [0.717, 1.165) is 5.75 Å². The molecule has 0 amide bonds. The van der Waals surface area contributed by atoms with Crippen molar-refractivity contribution >= 4 is 17.5 Å². The SMILES string of the molecule is CCOC(=O)C1CCN(c2ncnc(Oc3ccc(OC)cc3)c2N)CC1. The number of methoxy groups -OCH3 is 1. The molecule has 1 fully saturated rings. The number of nitrogens with zero attached hydrogens (tertiary/aromatic N) is 3. The lowest BCUT2D eigenvalue weighted by Crippen LogP contribution is -2.37. The van der Waals surface area contributed by atoms with Crippen LogP contribution in [0.3, 0.4) is 0 Å². The number of rotatable bonds is 6. The van der Waals surface area contributed by atoms with E-state index in [1.807, 2.05) is 11.8 Å². The zero-order valence-electron chi connectivity index (χ0n) is 15.6. The number of nitrogen functional groups attached to an aromatic ring is 1. The Kier molecular flexibility index (Phi) is 5.95. The number of hydrogen-bond donors (Lipinski definition) is 1. The maximum atomic E-state index is 11.9. The highest BCUT2D eigenvalue weighted by Gasteiger charge is 2.28. The molecule has 1 aromatic carbocycles. The monoisotopic (exact) mass is 372 g/mol. The van der Waals surface area contributed by atoms with Gasteiger partial charge in [0.05, 0.1) is 19.6 Å². The van der Waals surface area contributed by atoms with Gasteiger partial charge in [0.15, 0.2) is 5.82 Å². The van der Waals surface area contributed by atoms with Crippen molar-refractivity contribution in [1.29, 1.82) is 0 Å². The van der Waals surface area contributed by atoms with Crippen molar-refractivity contribution < 1.29 is 19.0 Å². The van der Waals surface area contributed by atoms with Gasteiger partial charge in [-0.3, -0.25) is 4.79 Å². The van der Waals surface area contributed by atoms with Crippen LogP contribution in [0.2, 0.25) is 0 Å². The molecule has 0 radical (unpaired) electrons. The van der Waals surface area contributed by atoms with Gasteiger partial charge in [0.1, 0.15) is 23.5 Å². The van der Waals surface area contributed by atoms with E-state index in [0.29, 0.717) is 55.7 Å². The first-order chi connectivity index (χ1) is 13.1. The van der Waals surface area contributed by atoms with Crippen molar-refractivity contribution in [3.05, 3.63) is 30.6 Å². The van der Waals surface area contributed by atoms with Crippen molar-refractivity contribution in [2.75, 3.05) is 37.4 Å². The summed E-state index contributed by atoms with van der Waals surface area (Å²) in [7, 11) is 1.61. The Bertz CT molecular complexity index is 774. The Morgan fingerprint density at radius 3 is 2.48 bits per heavy atom. The molecule has 1 aliphatic heterocycles. The molecule has 0 spiro atoms. The molecule has 1 saturated heterocycles. The topological polar surface area (TPSA) is 99.8 Å². The third-order valence-corrected chi connectivity index (χ3v) is 4.51. The quantitative estimate of drug-likeness (QED) is 0.773. The standard InChI is InChI=1S/C19H24N4O4/c1-3-26-19(24)13-8-10-23(11-9-13)17-16(20)18(22-12-21-17)27-15-6-4-14(25-2)5-7-15/h4-7,12-13H,3,8-11,20H2,1-2H3. The molecule has 144 valence electrons. The number of nitrogens with two attached hydrogens (primary N) is 1. The zero-order chi connectivity index (χ0) is 19.2. The third-order valence-electron chi connectivity index (χ3n) is 4.51. The van der Waals surface area contributed by atoms with Crippen molar-refractivity contribution in [2.45, 2.75) is 19.8 Å². The van der Waals surface area contributed by atoms with Crippen LogP contribution in [0.1, 0.15) is 19.8 Å². The second-order valence-electron chi connectivity index (χ2n) is 6.21. The molecule has 1 aromatic heterocycles. The third kappa shape index (κ3) is 4.39. The van der Waals surface area contributed by atoms with Crippen LogP contribution in [0.15, 0.2) is 30.6 Å². The number of esters is 1. The Hall–Kier alpha value is -3.03. The highest BCUT2D eigenvalue weighted by molar-refractivity contribution is 5.73. The minimum atomic E-state index is -0.128. The van der Waals surface area contributed by atoms with Crippen LogP contribution >= 0.6 is 0 Å². The van der Waals surface area contributed by atoms with Crippen LogP contribution < -0.4 is 20.1 Å². The van der Waals surface area contributed by atoms with Gasteiger partial charge in [0, 0.05) is 13.1 Å². The number of aromatic nitrogens is 2. The van der Waals surface area contributed by atoms with E-state index in [4.69, 9.17) is 19.9 Å². The molecule has 8 nitrogen and oxygen atoms in total. The molecule has 2 N–H and O–H groups in total. The zero-order valence-corrected chi connectivity index (χ0v) is 15.6. The normalized spacial score (nSPS) is 14.7. The average Bonchev–Trinajstić information content (AvgIpc) is 2.70. The Morgan fingerprint density at radius 2 is 1.85 bits per heavy atom. The molecule has 0 aliphatic carbocycles. The first-order valence-corrected chi connectivity index (χ1v) is 8.96. The molecule has 27 heavy (non-hydrogen) atoms. The fourth-order valence-corrected chi connectivity index (χ4v) is 3.05. The summed E-state index contributed by atoms with van der Waals surface area (Å²) in [6.45, 7) is 3.57. The van der Waals surface area contributed by atoms with E-state index in [9.17, 15) is 4.79 Å². The van der Waals surface area contributed by atoms with E-state index in [-0.39, 0.29) is 11.9 Å². The van der Waals surface area contributed by atoms with Crippen LogP contribution in [-0.2, 0) is 9.53 Å². The lowest BCUT2D eigenvalue weighted by atomic mass is 9.97. The summed E-state index contributed by atoms with van der Waals surface area (Å²) in [6.07, 6.45) is 2.84. The summed E-state index contributed by atoms with van der Waals surface area (Å²) < 4.78 is 16.0. The van der Waals surface area contributed by atoms with Crippen molar-refractivity contribution in [3.8, 4) is 17.4 Å². The van der Waals surface area contributed by atoms with Crippen molar-refractivity contribution in [3.63, 3.8) is 0 Å². The highest BCUT2D eigenvalue weighted by Crippen LogP contribution is 2.33. The first kappa shape index (κ1) is 18.8. The molecular formula is C19H24N4O4. The number of benzene rings is 1. The van der Waals surface area contributed by atoms with Gasteiger partial charge in [-0.2, -0.15) is 4.98 Å². The van der Waals surface area contributed by atoms with Crippen LogP contribution in [0.5, 0.6) is 17.4 Å². The molecule has 0 bridgehead atoms. The van der Waals surface area contributed by atoms with Gasteiger partial charge in [-0.1, -0.05) is 0 Å². The molecule has 1 aliphatic rings. The minimum absolute atomic E-state index is 0.0701. The number of piperidine rings is 1. The van der Waals surface area contributed by atoms with Crippen LogP contribution in [0.25, 0.3) is 0 Å². The molecule has 3 rings (SSSR count).